The van der Waals surface area contributed by atoms with Gasteiger partial charge in [-0.05, 0) is 36.8 Å². The molecule has 0 spiro atoms. The molecule has 0 bridgehead atoms. The summed E-state index contributed by atoms with van der Waals surface area (Å²) in [5.74, 6) is 0.804. The van der Waals surface area contributed by atoms with Gasteiger partial charge in [0.2, 0.25) is 12.5 Å². The summed E-state index contributed by atoms with van der Waals surface area (Å²) in [6.45, 7) is 1.71. The van der Waals surface area contributed by atoms with Crippen molar-refractivity contribution in [1.29, 1.82) is 0 Å². The van der Waals surface area contributed by atoms with Gasteiger partial charge < -0.3 is 24.3 Å². The molecular weight excluding hydrogens is 367 g/mol. The molecule has 0 saturated heterocycles. The number of fused-ring (bicyclic) bond motifs is 3. The maximum atomic E-state index is 15.0. The Morgan fingerprint density at radius 2 is 2.00 bits per heavy atom. The summed E-state index contributed by atoms with van der Waals surface area (Å²) in [5.41, 5.74) is 2.73. The number of carbonyl (C=O) groups excluding carboxylic acids is 1. The molecule has 0 atom stereocenters. The van der Waals surface area contributed by atoms with Crippen molar-refractivity contribution < 1.29 is 28.1 Å². The Bertz CT molecular complexity index is 1160. The van der Waals surface area contributed by atoms with Gasteiger partial charge >= 0.3 is 0 Å². The lowest BCUT2D eigenvalue weighted by Crippen LogP contribution is -2.26. The maximum Gasteiger partial charge on any atom is 0.262 e. The van der Waals surface area contributed by atoms with Crippen LogP contribution in [0.15, 0.2) is 24.3 Å². The Balaban J connectivity index is 1.71. The lowest BCUT2D eigenvalue weighted by Gasteiger charge is -2.20. The topological polar surface area (TPSA) is 78.9 Å². The fraction of sp³-hybridized carbons (Fsp3) is 0.200. The number of aromatic nitrogens is 1. The predicted molar refractivity (Wildman–Crippen MR) is 98.7 cm³/mol. The van der Waals surface area contributed by atoms with Crippen molar-refractivity contribution in [3.05, 3.63) is 35.6 Å². The van der Waals surface area contributed by atoms with E-state index < -0.39 is 5.82 Å². The molecule has 1 aromatic heterocycles. The van der Waals surface area contributed by atoms with Crippen LogP contribution in [0.5, 0.6) is 23.0 Å². The molecule has 3 aromatic rings. The minimum Gasteiger partial charge on any atom is -0.493 e. The van der Waals surface area contributed by atoms with Crippen LogP contribution in [0.25, 0.3) is 22.2 Å². The Morgan fingerprint density at radius 1 is 1.14 bits per heavy atom. The van der Waals surface area contributed by atoms with E-state index in [1.807, 2.05) is 0 Å². The Morgan fingerprint density at radius 3 is 2.82 bits per heavy atom. The number of pyridine rings is 1. The van der Waals surface area contributed by atoms with Crippen molar-refractivity contribution in [2.24, 2.45) is 0 Å². The average molecular weight is 382 g/mol. The zero-order chi connectivity index (χ0) is 19.4. The van der Waals surface area contributed by atoms with Gasteiger partial charge in [-0.2, -0.15) is 0 Å². The van der Waals surface area contributed by atoms with Crippen LogP contribution < -0.4 is 24.3 Å². The number of ether oxygens (including phenoxy) is 4. The number of rotatable bonds is 2. The first-order valence-electron chi connectivity index (χ1n) is 8.59. The van der Waals surface area contributed by atoms with Crippen LogP contribution in [-0.4, -0.2) is 31.4 Å². The number of hydrogen-bond donors (Lipinski definition) is 1. The molecule has 28 heavy (non-hydrogen) atoms. The largest absolute Gasteiger partial charge is 0.493 e. The highest BCUT2D eigenvalue weighted by molar-refractivity contribution is 6.00. The van der Waals surface area contributed by atoms with Gasteiger partial charge in [-0.25, -0.2) is 9.37 Å². The summed E-state index contributed by atoms with van der Waals surface area (Å²) in [6.07, 6.45) is 0. The van der Waals surface area contributed by atoms with Gasteiger partial charge in [0.1, 0.15) is 0 Å². The minimum absolute atomic E-state index is 0.0366. The summed E-state index contributed by atoms with van der Waals surface area (Å²) in [4.78, 5) is 16.2. The Kier molecular flexibility index (Phi) is 3.55. The normalized spacial score (nSPS) is 14.5. The monoisotopic (exact) mass is 382 g/mol. The van der Waals surface area contributed by atoms with Crippen LogP contribution in [0.3, 0.4) is 0 Å². The molecule has 0 aliphatic carbocycles. The zero-order valence-corrected chi connectivity index (χ0v) is 15.1. The van der Waals surface area contributed by atoms with Crippen molar-refractivity contribution in [2.75, 3.05) is 25.8 Å². The summed E-state index contributed by atoms with van der Waals surface area (Å²) >= 11 is 0. The number of halogens is 1. The molecule has 0 saturated carbocycles. The molecule has 0 fully saturated rings. The van der Waals surface area contributed by atoms with E-state index in [2.05, 4.69) is 10.3 Å². The van der Waals surface area contributed by atoms with E-state index in [1.165, 1.54) is 0 Å². The van der Waals surface area contributed by atoms with Crippen LogP contribution in [-0.2, 0) is 4.79 Å². The third-order valence-corrected chi connectivity index (χ3v) is 4.76. The van der Waals surface area contributed by atoms with Crippen molar-refractivity contribution in [2.45, 2.75) is 6.92 Å². The lowest BCUT2D eigenvalue weighted by molar-refractivity contribution is -0.118. The van der Waals surface area contributed by atoms with E-state index >= 15 is 0 Å². The van der Waals surface area contributed by atoms with E-state index in [0.717, 1.165) is 5.56 Å². The van der Waals surface area contributed by atoms with Crippen LogP contribution >= 0.6 is 0 Å². The molecule has 2 aliphatic rings. The maximum absolute atomic E-state index is 15.0. The van der Waals surface area contributed by atoms with Gasteiger partial charge in [0, 0.05) is 10.9 Å². The zero-order valence-electron chi connectivity index (χ0n) is 15.1. The van der Waals surface area contributed by atoms with Gasteiger partial charge in [-0.1, -0.05) is 0 Å². The van der Waals surface area contributed by atoms with Crippen LogP contribution in [0, 0.1) is 12.7 Å². The van der Waals surface area contributed by atoms with E-state index in [1.54, 1.807) is 38.3 Å². The fourth-order valence-corrected chi connectivity index (χ4v) is 3.50. The molecule has 2 aliphatic heterocycles. The molecule has 2 aromatic carbocycles. The number of carbonyl (C=O) groups is 1. The molecule has 5 rings (SSSR count). The molecule has 3 heterocycles. The molecule has 0 unspecified atom stereocenters. The standard InChI is InChI=1S/C20H15FN2O5/c1-9-3-11(10-4-14(25-2)20-15(5-10)27-8-28-20)22-12-6-13-19(18(21)17(9)12)26-7-16(24)23-13/h3-6H,7-8H2,1-2H3,(H,23,24). The first-order chi connectivity index (χ1) is 13.5. The smallest absolute Gasteiger partial charge is 0.262 e. The van der Waals surface area contributed by atoms with Gasteiger partial charge in [-0.3, -0.25) is 4.79 Å². The first kappa shape index (κ1) is 16.6. The number of amides is 1. The average Bonchev–Trinajstić information content (AvgIpc) is 3.15. The number of aryl methyl sites for hydroxylation is 1. The van der Waals surface area contributed by atoms with Crippen molar-refractivity contribution in [3.8, 4) is 34.3 Å². The quantitative estimate of drug-likeness (QED) is 0.732. The van der Waals surface area contributed by atoms with Gasteiger partial charge in [0.15, 0.2) is 29.7 Å². The third-order valence-electron chi connectivity index (χ3n) is 4.76. The van der Waals surface area contributed by atoms with Crippen molar-refractivity contribution in [3.63, 3.8) is 0 Å². The molecule has 0 radical (unpaired) electrons. The molecule has 142 valence electrons. The Labute approximate surface area is 159 Å². The number of anilines is 1. The number of methoxy groups -OCH3 is 1. The summed E-state index contributed by atoms with van der Waals surface area (Å²) < 4.78 is 36.5. The molecule has 1 amide bonds. The number of nitrogens with zero attached hydrogens (tertiary/aromatic N) is 1. The SMILES string of the molecule is COc1cc(-c2cc(C)c3c(F)c4c(cc3n2)NC(=O)CO4)cc2c1OCO2. The molecule has 7 nitrogen and oxygen atoms in total. The van der Waals surface area contributed by atoms with Gasteiger partial charge in [0.05, 0.1) is 24.0 Å². The summed E-state index contributed by atoms with van der Waals surface area (Å²) in [7, 11) is 1.55. The van der Waals surface area contributed by atoms with Gasteiger partial charge in [0.25, 0.3) is 5.91 Å². The minimum atomic E-state index is -0.535. The second-order valence-corrected chi connectivity index (χ2v) is 6.53. The molecule has 1 N–H and O–H groups in total. The highest BCUT2D eigenvalue weighted by Crippen LogP contribution is 2.45. The highest BCUT2D eigenvalue weighted by atomic mass is 19.1. The van der Waals surface area contributed by atoms with Crippen LogP contribution in [0.2, 0.25) is 0 Å². The van der Waals surface area contributed by atoms with Crippen LogP contribution in [0.1, 0.15) is 5.56 Å². The van der Waals surface area contributed by atoms with E-state index in [-0.39, 0.29) is 30.7 Å². The highest BCUT2D eigenvalue weighted by Gasteiger charge is 2.25. The first-order valence-corrected chi connectivity index (χ1v) is 8.59. The van der Waals surface area contributed by atoms with Crippen molar-refractivity contribution >= 4 is 22.5 Å². The van der Waals surface area contributed by atoms with Crippen molar-refractivity contribution in [1.82, 2.24) is 4.98 Å². The number of benzene rings is 2. The molecule has 8 heteroatoms. The number of hydrogen-bond acceptors (Lipinski definition) is 6. The third kappa shape index (κ3) is 2.41. The van der Waals surface area contributed by atoms with E-state index in [0.29, 0.717) is 39.4 Å². The second-order valence-electron chi connectivity index (χ2n) is 6.53. The Hall–Kier alpha value is -3.55. The molecular formula is C20H15FN2O5. The fourth-order valence-electron chi connectivity index (χ4n) is 3.50. The van der Waals surface area contributed by atoms with Gasteiger partial charge in [-0.15, -0.1) is 0 Å². The summed E-state index contributed by atoms with van der Waals surface area (Å²) in [5, 5.41) is 2.98. The van der Waals surface area contributed by atoms with E-state index in [9.17, 15) is 9.18 Å². The summed E-state index contributed by atoms with van der Waals surface area (Å²) in [6, 6.07) is 7.00. The van der Waals surface area contributed by atoms with E-state index in [4.69, 9.17) is 18.9 Å². The lowest BCUT2D eigenvalue weighted by atomic mass is 10.0. The van der Waals surface area contributed by atoms with Crippen LogP contribution in [0.4, 0.5) is 10.1 Å². The second kappa shape index (κ2) is 5.98. The predicted octanol–water partition coefficient (Wildman–Crippen LogP) is 3.42. The number of nitrogens with one attached hydrogen (secondary N) is 1.